The van der Waals surface area contributed by atoms with Gasteiger partial charge in [-0.1, -0.05) is 11.6 Å². The smallest absolute Gasteiger partial charge is 0.238 e. The lowest BCUT2D eigenvalue weighted by molar-refractivity contribution is -0.123. The summed E-state index contributed by atoms with van der Waals surface area (Å²) in [6, 6.07) is 6.95. The van der Waals surface area contributed by atoms with Gasteiger partial charge in [-0.25, -0.2) is 0 Å². The van der Waals surface area contributed by atoms with Crippen LogP contribution in [0.1, 0.15) is 12.8 Å². The SMILES string of the molecule is O=C1CCCN(CC(=O)Nc2ccc(Cl)cc2)C1. The maximum absolute atomic E-state index is 11.8. The van der Waals surface area contributed by atoms with Gasteiger partial charge in [0.2, 0.25) is 5.91 Å². The van der Waals surface area contributed by atoms with Crippen molar-refractivity contribution in [3.8, 4) is 0 Å². The number of anilines is 1. The molecule has 0 saturated carbocycles. The molecule has 1 aliphatic heterocycles. The first-order chi connectivity index (χ1) is 8.63. The maximum Gasteiger partial charge on any atom is 0.238 e. The van der Waals surface area contributed by atoms with Crippen molar-refractivity contribution in [1.82, 2.24) is 4.90 Å². The quantitative estimate of drug-likeness (QED) is 0.910. The minimum absolute atomic E-state index is 0.105. The largest absolute Gasteiger partial charge is 0.325 e. The number of carbonyl (C=O) groups is 2. The van der Waals surface area contributed by atoms with Crippen LogP contribution in [0, 0.1) is 0 Å². The van der Waals surface area contributed by atoms with Crippen molar-refractivity contribution in [2.45, 2.75) is 12.8 Å². The zero-order valence-electron chi connectivity index (χ0n) is 9.99. The van der Waals surface area contributed by atoms with Crippen LogP contribution in [0.4, 0.5) is 5.69 Å². The second kappa shape index (κ2) is 5.98. The monoisotopic (exact) mass is 266 g/mol. The van der Waals surface area contributed by atoms with Gasteiger partial charge in [0.25, 0.3) is 0 Å². The Bertz CT molecular complexity index is 445. The average Bonchev–Trinajstić information content (AvgIpc) is 2.32. The molecule has 1 aliphatic rings. The molecule has 1 aromatic carbocycles. The summed E-state index contributed by atoms with van der Waals surface area (Å²) in [5.74, 6) is 0.104. The van der Waals surface area contributed by atoms with Crippen molar-refractivity contribution >= 4 is 29.0 Å². The fraction of sp³-hybridized carbons (Fsp3) is 0.385. The molecule has 0 aromatic heterocycles. The summed E-state index contributed by atoms with van der Waals surface area (Å²) in [5.41, 5.74) is 0.715. The first kappa shape index (κ1) is 13.1. The molecule has 1 amide bonds. The first-order valence-electron chi connectivity index (χ1n) is 5.93. The Hall–Kier alpha value is -1.39. The third-order valence-electron chi connectivity index (χ3n) is 2.83. The zero-order chi connectivity index (χ0) is 13.0. The highest BCUT2D eigenvalue weighted by Crippen LogP contribution is 2.13. The van der Waals surface area contributed by atoms with E-state index in [9.17, 15) is 9.59 Å². The lowest BCUT2D eigenvalue weighted by atomic mass is 10.1. The normalized spacial score (nSPS) is 16.6. The predicted molar refractivity (Wildman–Crippen MR) is 70.8 cm³/mol. The van der Waals surface area contributed by atoms with Crippen molar-refractivity contribution in [1.29, 1.82) is 0 Å². The second-order valence-electron chi connectivity index (χ2n) is 4.41. The molecule has 0 unspecified atom stereocenters. The van der Waals surface area contributed by atoms with E-state index in [0.29, 0.717) is 23.7 Å². The van der Waals surface area contributed by atoms with Crippen LogP contribution in [0.25, 0.3) is 0 Å². The molecule has 0 radical (unpaired) electrons. The van der Waals surface area contributed by atoms with Crippen LogP contribution in [0.5, 0.6) is 0 Å². The average molecular weight is 267 g/mol. The van der Waals surface area contributed by atoms with Crippen LogP contribution in [-0.2, 0) is 9.59 Å². The van der Waals surface area contributed by atoms with E-state index in [2.05, 4.69) is 5.32 Å². The van der Waals surface area contributed by atoms with Gasteiger partial charge in [0.15, 0.2) is 0 Å². The standard InChI is InChI=1S/C13H15ClN2O2/c14-10-3-5-11(6-4-10)15-13(18)9-16-7-1-2-12(17)8-16/h3-6H,1-2,7-9H2,(H,15,18). The fourth-order valence-corrected chi connectivity index (χ4v) is 2.11. The van der Waals surface area contributed by atoms with Crippen molar-refractivity contribution in [3.63, 3.8) is 0 Å². The van der Waals surface area contributed by atoms with E-state index < -0.39 is 0 Å². The van der Waals surface area contributed by atoms with E-state index in [1.807, 2.05) is 4.90 Å². The Labute approximate surface area is 111 Å². The number of hydrogen-bond acceptors (Lipinski definition) is 3. The minimum Gasteiger partial charge on any atom is -0.325 e. The molecule has 1 heterocycles. The summed E-state index contributed by atoms with van der Waals surface area (Å²) in [6.07, 6.45) is 1.47. The highest BCUT2D eigenvalue weighted by molar-refractivity contribution is 6.30. The van der Waals surface area contributed by atoms with Crippen molar-refractivity contribution in [2.75, 3.05) is 25.0 Å². The molecule has 0 spiro atoms. The highest BCUT2D eigenvalue weighted by Gasteiger charge is 2.18. The number of ketones is 1. The highest BCUT2D eigenvalue weighted by atomic mass is 35.5. The lowest BCUT2D eigenvalue weighted by Crippen LogP contribution is -2.40. The third-order valence-corrected chi connectivity index (χ3v) is 3.08. The Balaban J connectivity index is 1.84. The number of amides is 1. The Morgan fingerprint density at radius 2 is 2.06 bits per heavy atom. The summed E-state index contributed by atoms with van der Waals surface area (Å²) >= 11 is 5.76. The van der Waals surface area contributed by atoms with E-state index in [-0.39, 0.29) is 18.2 Å². The first-order valence-corrected chi connectivity index (χ1v) is 6.31. The topological polar surface area (TPSA) is 49.4 Å². The van der Waals surface area contributed by atoms with Crippen molar-refractivity contribution < 1.29 is 9.59 Å². The van der Waals surface area contributed by atoms with E-state index in [4.69, 9.17) is 11.6 Å². The summed E-state index contributed by atoms with van der Waals surface area (Å²) in [5, 5.41) is 3.41. The number of rotatable bonds is 3. The fourth-order valence-electron chi connectivity index (χ4n) is 1.98. The molecular formula is C13H15ClN2O2. The van der Waals surface area contributed by atoms with Gasteiger partial charge in [-0.2, -0.15) is 0 Å². The molecule has 96 valence electrons. The number of likely N-dealkylation sites (tertiary alicyclic amines) is 1. The summed E-state index contributed by atoms with van der Waals surface area (Å²) in [7, 11) is 0. The van der Waals surface area contributed by atoms with Gasteiger partial charge in [-0.15, -0.1) is 0 Å². The lowest BCUT2D eigenvalue weighted by Gasteiger charge is -2.24. The van der Waals surface area contributed by atoms with Crippen LogP contribution in [0.2, 0.25) is 5.02 Å². The number of piperidine rings is 1. The van der Waals surface area contributed by atoms with E-state index in [1.54, 1.807) is 24.3 Å². The summed E-state index contributed by atoms with van der Waals surface area (Å²) in [4.78, 5) is 24.9. The van der Waals surface area contributed by atoms with Gasteiger partial charge in [-0.3, -0.25) is 14.5 Å². The number of carbonyl (C=O) groups excluding carboxylic acids is 2. The molecule has 1 N–H and O–H groups in total. The van der Waals surface area contributed by atoms with Crippen LogP contribution in [0.3, 0.4) is 0 Å². The van der Waals surface area contributed by atoms with Crippen LogP contribution >= 0.6 is 11.6 Å². The van der Waals surface area contributed by atoms with Crippen LogP contribution in [-0.4, -0.2) is 36.2 Å². The number of hydrogen-bond donors (Lipinski definition) is 1. The zero-order valence-corrected chi connectivity index (χ0v) is 10.7. The summed E-state index contributed by atoms with van der Waals surface area (Å²) < 4.78 is 0. The number of Topliss-reactive ketones (excluding diaryl/α,β-unsaturated/α-hetero) is 1. The van der Waals surface area contributed by atoms with Gasteiger partial charge >= 0.3 is 0 Å². The van der Waals surface area contributed by atoms with Gasteiger partial charge in [-0.05, 0) is 37.2 Å². The molecule has 5 heteroatoms. The maximum atomic E-state index is 11.8. The predicted octanol–water partition coefficient (Wildman–Crippen LogP) is 1.94. The van der Waals surface area contributed by atoms with E-state index >= 15 is 0 Å². The van der Waals surface area contributed by atoms with E-state index in [1.165, 1.54) is 0 Å². The molecule has 1 fully saturated rings. The molecule has 0 aliphatic carbocycles. The van der Waals surface area contributed by atoms with Gasteiger partial charge in [0.1, 0.15) is 5.78 Å². The number of nitrogens with zero attached hydrogens (tertiary/aromatic N) is 1. The number of nitrogens with one attached hydrogen (secondary N) is 1. The van der Waals surface area contributed by atoms with Gasteiger partial charge < -0.3 is 5.32 Å². The Morgan fingerprint density at radius 3 is 2.72 bits per heavy atom. The molecular weight excluding hydrogens is 252 g/mol. The molecule has 18 heavy (non-hydrogen) atoms. The minimum atomic E-state index is -0.105. The van der Waals surface area contributed by atoms with Gasteiger partial charge in [0, 0.05) is 17.1 Å². The molecule has 4 nitrogen and oxygen atoms in total. The second-order valence-corrected chi connectivity index (χ2v) is 4.84. The molecule has 0 bridgehead atoms. The third kappa shape index (κ3) is 3.82. The number of benzene rings is 1. The summed E-state index contributed by atoms with van der Waals surface area (Å²) in [6.45, 7) is 1.45. The van der Waals surface area contributed by atoms with Crippen molar-refractivity contribution in [2.24, 2.45) is 0 Å². The van der Waals surface area contributed by atoms with Crippen LogP contribution in [0.15, 0.2) is 24.3 Å². The van der Waals surface area contributed by atoms with Gasteiger partial charge in [0.05, 0.1) is 13.1 Å². The molecule has 1 aromatic rings. The van der Waals surface area contributed by atoms with E-state index in [0.717, 1.165) is 13.0 Å². The Morgan fingerprint density at radius 1 is 1.33 bits per heavy atom. The molecule has 0 atom stereocenters. The molecule has 1 saturated heterocycles. The van der Waals surface area contributed by atoms with Crippen LogP contribution < -0.4 is 5.32 Å². The molecule has 2 rings (SSSR count). The van der Waals surface area contributed by atoms with Crippen molar-refractivity contribution in [3.05, 3.63) is 29.3 Å². The Kier molecular flexibility index (Phi) is 4.33. The number of halogens is 1.